The lowest BCUT2D eigenvalue weighted by Gasteiger charge is -2.19. The van der Waals surface area contributed by atoms with Gasteiger partial charge in [-0.25, -0.2) is 0 Å². The first-order valence-electron chi connectivity index (χ1n) is 18.7. The minimum atomic E-state index is -0.865. The molecule has 0 radical (unpaired) electrons. The summed E-state index contributed by atoms with van der Waals surface area (Å²) in [7, 11) is 0. The summed E-state index contributed by atoms with van der Waals surface area (Å²) in [5, 5.41) is 22.8. The van der Waals surface area contributed by atoms with Crippen molar-refractivity contribution in [1.29, 1.82) is 0 Å². The van der Waals surface area contributed by atoms with Gasteiger partial charge in [0.25, 0.3) is 0 Å². The summed E-state index contributed by atoms with van der Waals surface area (Å²) in [5.74, 6) is -0.0784. The van der Waals surface area contributed by atoms with Crippen LogP contribution < -0.4 is 5.32 Å². The second kappa shape index (κ2) is 35.1. The van der Waals surface area contributed by atoms with Crippen LogP contribution in [0.1, 0.15) is 187 Å². The summed E-state index contributed by atoms with van der Waals surface area (Å²) in [4.78, 5) is 12.3. The largest absolute Gasteiger partial charge is 0.394 e. The van der Waals surface area contributed by atoms with Gasteiger partial charge in [-0.15, -0.1) is 0 Å². The number of nitrogens with one attached hydrogen (secondary N) is 1. The summed E-state index contributed by atoms with van der Waals surface area (Å²) in [5.41, 5.74) is 0. The quantitative estimate of drug-likeness (QED) is 0.0516. The number of aliphatic hydroxyl groups is 2. The highest BCUT2D eigenvalue weighted by Gasteiger charge is 2.17. The molecule has 43 heavy (non-hydrogen) atoms. The molecule has 0 saturated carbocycles. The normalized spacial score (nSPS) is 13.5. The van der Waals surface area contributed by atoms with Crippen molar-refractivity contribution in [3.05, 3.63) is 36.5 Å². The molecule has 0 aliphatic heterocycles. The van der Waals surface area contributed by atoms with Gasteiger partial charge in [0.05, 0.1) is 18.8 Å². The smallest absolute Gasteiger partial charge is 0.220 e. The molecule has 2 unspecified atom stereocenters. The van der Waals surface area contributed by atoms with Crippen molar-refractivity contribution < 1.29 is 15.0 Å². The number of carbonyl (C=O) groups excluding carboxylic acids is 1. The maximum atomic E-state index is 12.3. The number of hydrogen-bond donors (Lipinski definition) is 3. The van der Waals surface area contributed by atoms with E-state index in [9.17, 15) is 15.0 Å². The van der Waals surface area contributed by atoms with Gasteiger partial charge < -0.3 is 15.5 Å². The summed E-state index contributed by atoms with van der Waals surface area (Å²) in [6.45, 7) is 4.25. The molecule has 0 aromatic rings. The molecule has 252 valence electrons. The second-order valence-corrected chi connectivity index (χ2v) is 12.6. The third-order valence-electron chi connectivity index (χ3n) is 8.35. The molecular formula is C39H73NO3. The van der Waals surface area contributed by atoms with E-state index in [1.54, 1.807) is 6.08 Å². The average Bonchev–Trinajstić information content (AvgIpc) is 3.01. The van der Waals surface area contributed by atoms with Crippen molar-refractivity contribution in [1.82, 2.24) is 5.32 Å². The van der Waals surface area contributed by atoms with Crippen molar-refractivity contribution in [2.24, 2.45) is 0 Å². The van der Waals surface area contributed by atoms with Gasteiger partial charge in [0.1, 0.15) is 0 Å². The van der Waals surface area contributed by atoms with Crippen molar-refractivity contribution in [2.45, 2.75) is 199 Å². The Hall–Kier alpha value is -1.39. The van der Waals surface area contributed by atoms with E-state index in [0.717, 1.165) is 38.5 Å². The van der Waals surface area contributed by atoms with Crippen molar-refractivity contribution in [2.75, 3.05) is 6.61 Å². The molecule has 0 heterocycles. The van der Waals surface area contributed by atoms with Gasteiger partial charge in [0, 0.05) is 6.42 Å². The maximum Gasteiger partial charge on any atom is 0.220 e. The molecule has 3 N–H and O–H groups in total. The van der Waals surface area contributed by atoms with Crippen LogP contribution in [-0.4, -0.2) is 34.9 Å². The van der Waals surface area contributed by atoms with Crippen molar-refractivity contribution in [3.63, 3.8) is 0 Å². The van der Waals surface area contributed by atoms with Crippen LogP contribution in [0.5, 0.6) is 0 Å². The topological polar surface area (TPSA) is 69.6 Å². The van der Waals surface area contributed by atoms with E-state index < -0.39 is 12.1 Å². The highest BCUT2D eigenvalue weighted by Crippen LogP contribution is 2.15. The Balaban J connectivity index is 3.64. The Morgan fingerprint density at radius 3 is 1.35 bits per heavy atom. The van der Waals surface area contributed by atoms with Crippen LogP contribution >= 0.6 is 0 Å². The third kappa shape index (κ3) is 31.8. The molecule has 0 fully saturated rings. The number of unbranched alkanes of at least 4 members (excludes halogenated alkanes) is 22. The lowest BCUT2D eigenvalue weighted by Crippen LogP contribution is -2.45. The molecule has 1 amide bonds. The minimum absolute atomic E-state index is 0.0784. The molecule has 0 rings (SSSR count). The molecular weight excluding hydrogens is 530 g/mol. The molecule has 4 heteroatoms. The fourth-order valence-corrected chi connectivity index (χ4v) is 5.44. The molecule has 2 atom stereocenters. The summed E-state index contributed by atoms with van der Waals surface area (Å²) >= 11 is 0. The highest BCUT2D eigenvalue weighted by molar-refractivity contribution is 5.76. The summed E-state index contributed by atoms with van der Waals surface area (Å²) in [6.07, 6.45) is 45.2. The first kappa shape index (κ1) is 41.6. The first-order chi connectivity index (χ1) is 21.2. The SMILES string of the molecule is CCCCC/C=C/CC/C=C/CC/C=C/C(O)C(CO)NC(=O)CCCCCCCCCCCCCCCCCCCC. The van der Waals surface area contributed by atoms with Gasteiger partial charge in [0.2, 0.25) is 5.91 Å². The number of hydrogen-bond acceptors (Lipinski definition) is 3. The molecule has 0 aromatic carbocycles. The minimum Gasteiger partial charge on any atom is -0.394 e. The number of rotatable bonds is 33. The zero-order valence-corrected chi connectivity index (χ0v) is 28.7. The number of allylic oxidation sites excluding steroid dienone is 5. The van der Waals surface area contributed by atoms with Crippen LogP contribution in [0.2, 0.25) is 0 Å². The van der Waals surface area contributed by atoms with Crippen molar-refractivity contribution >= 4 is 5.91 Å². The van der Waals surface area contributed by atoms with E-state index in [1.165, 1.54) is 128 Å². The predicted octanol–water partition coefficient (Wildman–Crippen LogP) is 11.1. The van der Waals surface area contributed by atoms with E-state index in [-0.39, 0.29) is 12.5 Å². The summed E-state index contributed by atoms with van der Waals surface area (Å²) in [6, 6.07) is -0.640. The van der Waals surface area contributed by atoms with Gasteiger partial charge in [-0.2, -0.15) is 0 Å². The van der Waals surface area contributed by atoms with Crippen LogP contribution in [0.3, 0.4) is 0 Å². The van der Waals surface area contributed by atoms with Gasteiger partial charge >= 0.3 is 0 Å². The number of aliphatic hydroxyl groups excluding tert-OH is 2. The zero-order chi connectivity index (χ0) is 31.5. The van der Waals surface area contributed by atoms with Crippen molar-refractivity contribution in [3.8, 4) is 0 Å². The van der Waals surface area contributed by atoms with Gasteiger partial charge in [0.15, 0.2) is 0 Å². The third-order valence-corrected chi connectivity index (χ3v) is 8.35. The first-order valence-corrected chi connectivity index (χ1v) is 18.7. The fraction of sp³-hybridized carbons (Fsp3) is 0.821. The molecule has 0 aliphatic carbocycles. The zero-order valence-electron chi connectivity index (χ0n) is 28.7. The van der Waals surface area contributed by atoms with E-state index >= 15 is 0 Å². The van der Waals surface area contributed by atoms with Crippen LogP contribution in [0.25, 0.3) is 0 Å². The predicted molar refractivity (Wildman–Crippen MR) is 188 cm³/mol. The van der Waals surface area contributed by atoms with Gasteiger partial charge in [-0.3, -0.25) is 4.79 Å². The second-order valence-electron chi connectivity index (χ2n) is 12.6. The maximum absolute atomic E-state index is 12.3. The monoisotopic (exact) mass is 604 g/mol. The van der Waals surface area contributed by atoms with E-state index in [2.05, 4.69) is 43.5 Å². The highest BCUT2D eigenvalue weighted by atomic mass is 16.3. The van der Waals surface area contributed by atoms with E-state index in [0.29, 0.717) is 6.42 Å². The Bertz CT molecular complexity index is 657. The van der Waals surface area contributed by atoms with Gasteiger partial charge in [-0.1, -0.05) is 172 Å². The Morgan fingerprint density at radius 2 is 0.907 bits per heavy atom. The number of amides is 1. The number of carbonyl (C=O) groups is 1. The standard InChI is InChI=1S/C39H73NO3/c1-3-5-7-9-11-13-15-17-18-19-20-21-23-25-27-29-31-33-35-39(43)40-37(36-41)38(42)34-32-30-28-26-24-22-16-14-12-10-8-6-4-2/h12,14,24,26,32,34,37-38,41-42H,3-11,13,15-23,25,27-31,33,35-36H2,1-2H3,(H,40,43)/b14-12+,26-24+,34-32+. The Morgan fingerprint density at radius 1 is 0.535 bits per heavy atom. The van der Waals surface area contributed by atoms with E-state index in [1.807, 2.05) is 6.08 Å². The Labute approximate surface area is 268 Å². The Kier molecular flexibility index (Phi) is 34.0. The average molecular weight is 604 g/mol. The lowest BCUT2D eigenvalue weighted by atomic mass is 10.0. The fourth-order valence-electron chi connectivity index (χ4n) is 5.44. The summed E-state index contributed by atoms with van der Waals surface area (Å²) < 4.78 is 0. The van der Waals surface area contributed by atoms with Crippen LogP contribution in [0, 0.1) is 0 Å². The lowest BCUT2D eigenvalue weighted by molar-refractivity contribution is -0.123. The molecule has 0 bridgehead atoms. The molecule has 0 saturated heterocycles. The van der Waals surface area contributed by atoms with Crippen LogP contribution in [0.4, 0.5) is 0 Å². The van der Waals surface area contributed by atoms with Crippen LogP contribution in [-0.2, 0) is 4.79 Å². The van der Waals surface area contributed by atoms with E-state index in [4.69, 9.17) is 0 Å². The molecule has 0 spiro atoms. The van der Waals surface area contributed by atoms with Crippen LogP contribution in [0.15, 0.2) is 36.5 Å². The molecule has 0 aliphatic rings. The van der Waals surface area contributed by atoms with Gasteiger partial charge in [-0.05, 0) is 44.9 Å². The molecule has 0 aromatic heterocycles. The molecule has 4 nitrogen and oxygen atoms in total.